The molecule has 2 N–H and O–H groups in total. The zero-order valence-electron chi connectivity index (χ0n) is 9.21. The first kappa shape index (κ1) is 11.7. The molecule has 3 heteroatoms. The predicted molar refractivity (Wildman–Crippen MR) is 59.7 cm³/mol. The second-order valence-corrected chi connectivity index (χ2v) is 3.69. The number of aryl methyl sites for hydroxylation is 2. The third kappa shape index (κ3) is 3.72. The first-order valence-corrected chi connectivity index (χ1v) is 5.07. The summed E-state index contributed by atoms with van der Waals surface area (Å²) in [6.07, 6.45) is 0.805. The molecule has 0 saturated carbocycles. The van der Waals surface area contributed by atoms with E-state index in [1.54, 1.807) is 0 Å². The molecule has 15 heavy (non-hydrogen) atoms. The summed E-state index contributed by atoms with van der Waals surface area (Å²) in [6, 6.07) is 6.28. The lowest BCUT2D eigenvalue weighted by molar-refractivity contribution is -0.123. The summed E-state index contributed by atoms with van der Waals surface area (Å²) in [5, 5.41) is 11.2. The van der Waals surface area contributed by atoms with Crippen LogP contribution in [0.25, 0.3) is 0 Å². The molecule has 0 aliphatic rings. The molecular weight excluding hydrogens is 190 g/mol. The molecule has 0 fully saturated rings. The summed E-state index contributed by atoms with van der Waals surface area (Å²) in [7, 11) is 0. The number of benzene rings is 1. The molecule has 0 bridgehead atoms. The number of rotatable bonds is 4. The number of nitrogens with one attached hydrogen (secondary N) is 1. The smallest absolute Gasteiger partial charge is 0.245 e. The van der Waals surface area contributed by atoms with Gasteiger partial charge < -0.3 is 10.4 Å². The average Bonchev–Trinajstić information content (AvgIpc) is 2.23. The van der Waals surface area contributed by atoms with Crippen molar-refractivity contribution in [2.24, 2.45) is 0 Å². The van der Waals surface area contributed by atoms with E-state index in [0.29, 0.717) is 6.54 Å². The van der Waals surface area contributed by atoms with Crippen molar-refractivity contribution in [2.45, 2.75) is 20.3 Å². The van der Waals surface area contributed by atoms with Crippen molar-refractivity contribution < 1.29 is 9.90 Å². The number of aliphatic hydroxyl groups excluding tert-OH is 1. The van der Waals surface area contributed by atoms with Gasteiger partial charge in [0.2, 0.25) is 5.91 Å². The minimum absolute atomic E-state index is 0.319. The average molecular weight is 207 g/mol. The topological polar surface area (TPSA) is 49.3 Å². The van der Waals surface area contributed by atoms with Crippen LogP contribution in [0.15, 0.2) is 18.2 Å². The van der Waals surface area contributed by atoms with Crippen LogP contribution in [0.3, 0.4) is 0 Å². The zero-order chi connectivity index (χ0) is 11.3. The number of hydrogen-bond donors (Lipinski definition) is 2. The van der Waals surface area contributed by atoms with Crippen LogP contribution in [0.1, 0.15) is 16.7 Å². The summed E-state index contributed by atoms with van der Waals surface area (Å²) in [5.41, 5.74) is 3.70. The van der Waals surface area contributed by atoms with Crippen LogP contribution in [0.4, 0.5) is 0 Å². The lowest BCUT2D eigenvalue weighted by atomic mass is 10.0. The Kier molecular flexibility index (Phi) is 4.31. The third-order valence-corrected chi connectivity index (χ3v) is 2.36. The van der Waals surface area contributed by atoms with Gasteiger partial charge in [0, 0.05) is 6.54 Å². The monoisotopic (exact) mass is 207 g/mol. The van der Waals surface area contributed by atoms with Crippen LogP contribution in [-0.2, 0) is 11.2 Å². The van der Waals surface area contributed by atoms with Crippen molar-refractivity contribution in [3.05, 3.63) is 34.9 Å². The van der Waals surface area contributed by atoms with Crippen LogP contribution in [-0.4, -0.2) is 24.2 Å². The van der Waals surface area contributed by atoms with Crippen LogP contribution in [0.2, 0.25) is 0 Å². The molecular formula is C12H17NO2. The number of hydrogen-bond acceptors (Lipinski definition) is 2. The van der Waals surface area contributed by atoms with Crippen LogP contribution in [0, 0.1) is 13.8 Å². The molecule has 1 rings (SSSR count). The van der Waals surface area contributed by atoms with Gasteiger partial charge in [-0.15, -0.1) is 0 Å². The first-order chi connectivity index (χ1) is 7.13. The quantitative estimate of drug-likeness (QED) is 0.772. The largest absolute Gasteiger partial charge is 0.387 e. The molecule has 0 saturated heterocycles. The Morgan fingerprint density at radius 1 is 1.40 bits per heavy atom. The molecule has 0 radical (unpaired) electrons. The van der Waals surface area contributed by atoms with Crippen molar-refractivity contribution in [3.8, 4) is 0 Å². The van der Waals surface area contributed by atoms with E-state index in [9.17, 15) is 4.79 Å². The van der Waals surface area contributed by atoms with Gasteiger partial charge in [0.1, 0.15) is 6.61 Å². The number of carbonyl (C=O) groups excluding carboxylic acids is 1. The van der Waals surface area contributed by atoms with Gasteiger partial charge in [-0.2, -0.15) is 0 Å². The van der Waals surface area contributed by atoms with E-state index >= 15 is 0 Å². The summed E-state index contributed by atoms with van der Waals surface area (Å²) >= 11 is 0. The standard InChI is InChI=1S/C12H17NO2/c1-9-3-4-10(2)11(7-9)5-6-13-12(15)8-14/h3-4,7,14H,5-6,8H2,1-2H3,(H,13,15). The van der Waals surface area contributed by atoms with E-state index in [0.717, 1.165) is 6.42 Å². The summed E-state index contributed by atoms with van der Waals surface area (Å²) in [4.78, 5) is 10.8. The Labute approximate surface area is 90.1 Å². The fourth-order valence-corrected chi connectivity index (χ4v) is 1.46. The maximum Gasteiger partial charge on any atom is 0.245 e. The Morgan fingerprint density at radius 3 is 2.80 bits per heavy atom. The van der Waals surface area contributed by atoms with E-state index in [1.165, 1.54) is 16.7 Å². The SMILES string of the molecule is Cc1ccc(C)c(CCNC(=O)CO)c1. The lowest BCUT2D eigenvalue weighted by Gasteiger charge is -2.07. The van der Waals surface area contributed by atoms with E-state index in [4.69, 9.17) is 5.11 Å². The molecule has 1 aromatic rings. The van der Waals surface area contributed by atoms with Gasteiger partial charge >= 0.3 is 0 Å². The highest BCUT2D eigenvalue weighted by molar-refractivity contribution is 5.76. The number of amides is 1. The van der Waals surface area contributed by atoms with Crippen molar-refractivity contribution in [3.63, 3.8) is 0 Å². The molecule has 0 atom stereocenters. The molecule has 0 heterocycles. The molecule has 3 nitrogen and oxygen atoms in total. The fourth-order valence-electron chi connectivity index (χ4n) is 1.46. The number of carbonyl (C=O) groups is 1. The molecule has 0 spiro atoms. The van der Waals surface area contributed by atoms with Crippen LogP contribution >= 0.6 is 0 Å². The molecule has 0 unspecified atom stereocenters. The molecule has 82 valence electrons. The Hall–Kier alpha value is -1.35. The Morgan fingerprint density at radius 2 is 2.13 bits per heavy atom. The molecule has 1 amide bonds. The highest BCUT2D eigenvalue weighted by atomic mass is 16.3. The second kappa shape index (κ2) is 5.51. The van der Waals surface area contributed by atoms with Gasteiger partial charge in [0.15, 0.2) is 0 Å². The predicted octanol–water partition coefficient (Wildman–Crippen LogP) is 0.954. The summed E-state index contributed by atoms with van der Waals surface area (Å²) in [5.74, 6) is -0.319. The van der Waals surface area contributed by atoms with E-state index in [-0.39, 0.29) is 5.91 Å². The minimum Gasteiger partial charge on any atom is -0.387 e. The van der Waals surface area contributed by atoms with Gasteiger partial charge in [0.05, 0.1) is 0 Å². The van der Waals surface area contributed by atoms with Crippen molar-refractivity contribution >= 4 is 5.91 Å². The van der Waals surface area contributed by atoms with Crippen molar-refractivity contribution in [2.75, 3.05) is 13.2 Å². The third-order valence-electron chi connectivity index (χ3n) is 2.36. The van der Waals surface area contributed by atoms with Crippen molar-refractivity contribution in [1.29, 1.82) is 0 Å². The number of aliphatic hydroxyl groups is 1. The lowest BCUT2D eigenvalue weighted by Crippen LogP contribution is -2.28. The van der Waals surface area contributed by atoms with E-state index in [2.05, 4.69) is 37.4 Å². The first-order valence-electron chi connectivity index (χ1n) is 5.07. The van der Waals surface area contributed by atoms with Gasteiger partial charge in [-0.05, 0) is 31.4 Å². The van der Waals surface area contributed by atoms with E-state index < -0.39 is 6.61 Å². The van der Waals surface area contributed by atoms with Gasteiger partial charge in [-0.3, -0.25) is 4.79 Å². The molecule has 0 aromatic heterocycles. The highest BCUT2D eigenvalue weighted by Crippen LogP contribution is 2.10. The Balaban J connectivity index is 2.50. The molecule has 0 aliphatic carbocycles. The fraction of sp³-hybridized carbons (Fsp3) is 0.417. The second-order valence-electron chi connectivity index (χ2n) is 3.69. The van der Waals surface area contributed by atoms with Crippen molar-refractivity contribution in [1.82, 2.24) is 5.32 Å². The zero-order valence-corrected chi connectivity index (χ0v) is 9.21. The normalized spacial score (nSPS) is 10.1. The highest BCUT2D eigenvalue weighted by Gasteiger charge is 2.00. The van der Waals surface area contributed by atoms with Gasteiger partial charge in [0.25, 0.3) is 0 Å². The van der Waals surface area contributed by atoms with E-state index in [1.807, 2.05) is 0 Å². The molecule has 1 aromatic carbocycles. The Bertz CT molecular complexity index is 347. The van der Waals surface area contributed by atoms with Gasteiger partial charge in [-0.1, -0.05) is 23.8 Å². The summed E-state index contributed by atoms with van der Waals surface area (Å²) < 4.78 is 0. The minimum atomic E-state index is -0.438. The van der Waals surface area contributed by atoms with Crippen LogP contribution in [0.5, 0.6) is 0 Å². The molecule has 0 aliphatic heterocycles. The maximum atomic E-state index is 10.8. The van der Waals surface area contributed by atoms with Gasteiger partial charge in [-0.25, -0.2) is 0 Å². The maximum absolute atomic E-state index is 10.8. The van der Waals surface area contributed by atoms with Crippen LogP contribution < -0.4 is 5.32 Å². The summed E-state index contributed by atoms with van der Waals surface area (Å²) in [6.45, 7) is 4.24.